The molecule has 1 saturated heterocycles. The summed E-state index contributed by atoms with van der Waals surface area (Å²) in [6.45, 7) is 0.354. The Hall–Kier alpha value is -2.61. The van der Waals surface area contributed by atoms with Crippen molar-refractivity contribution < 1.29 is 24.2 Å². The van der Waals surface area contributed by atoms with Gasteiger partial charge >= 0.3 is 12.0 Å². The average Bonchev–Trinajstić information content (AvgIpc) is 3.31. The number of carbonyl (C=O) groups excluding carboxylic acids is 2. The first-order valence-corrected chi connectivity index (χ1v) is 8.69. The van der Waals surface area contributed by atoms with E-state index in [9.17, 15) is 14.4 Å². The van der Waals surface area contributed by atoms with Crippen LogP contribution in [0.1, 0.15) is 36.0 Å². The van der Waals surface area contributed by atoms with Gasteiger partial charge in [-0.15, -0.1) is 0 Å². The van der Waals surface area contributed by atoms with Crippen molar-refractivity contribution in [1.29, 1.82) is 0 Å². The van der Waals surface area contributed by atoms with E-state index in [1.54, 1.807) is 36.3 Å². The lowest BCUT2D eigenvalue weighted by Gasteiger charge is -2.23. The molecule has 8 nitrogen and oxygen atoms in total. The van der Waals surface area contributed by atoms with Crippen molar-refractivity contribution in [2.45, 2.75) is 43.9 Å². The van der Waals surface area contributed by atoms with Gasteiger partial charge in [0.2, 0.25) is 0 Å². The number of nitrogens with zero attached hydrogens (tertiary/aromatic N) is 1. The molecule has 0 bridgehead atoms. The molecule has 1 heterocycles. The van der Waals surface area contributed by atoms with E-state index in [-0.39, 0.29) is 30.5 Å². The largest absolute Gasteiger partial charge is 0.481 e. The van der Waals surface area contributed by atoms with Crippen LogP contribution in [0.3, 0.4) is 0 Å². The standard InChI is InChI=1S/C18H23N3O5/c1-26-15-8-14(9-16(22)23)21(10-15)17(24)11-3-2-4-13(7-11)20-18(25)19-12-5-6-12/h2-4,7,12,14-15H,5-6,8-10H2,1H3,(H,22,23)(H2,19,20,25). The van der Waals surface area contributed by atoms with Crippen LogP contribution in [0.2, 0.25) is 0 Å². The predicted octanol–water partition coefficient (Wildman–Crippen LogP) is 1.67. The Bertz CT molecular complexity index is 704. The van der Waals surface area contributed by atoms with Gasteiger partial charge in [-0.2, -0.15) is 0 Å². The third-order valence-corrected chi connectivity index (χ3v) is 4.66. The minimum absolute atomic E-state index is 0.118. The Balaban J connectivity index is 1.70. The number of methoxy groups -OCH3 is 1. The highest BCUT2D eigenvalue weighted by molar-refractivity contribution is 5.97. The van der Waals surface area contributed by atoms with Crippen LogP contribution in [-0.2, 0) is 9.53 Å². The number of carboxylic acids is 1. The lowest BCUT2D eigenvalue weighted by molar-refractivity contribution is -0.138. The quantitative estimate of drug-likeness (QED) is 0.714. The van der Waals surface area contributed by atoms with Crippen LogP contribution in [0, 0.1) is 0 Å². The molecule has 1 aromatic carbocycles. The number of benzene rings is 1. The first-order valence-electron chi connectivity index (χ1n) is 8.69. The molecule has 3 rings (SSSR count). The molecule has 1 aromatic rings. The number of hydrogen-bond donors (Lipinski definition) is 3. The Morgan fingerprint density at radius 1 is 1.31 bits per heavy atom. The molecule has 3 amide bonds. The van der Waals surface area contributed by atoms with Crippen LogP contribution in [0.25, 0.3) is 0 Å². The minimum atomic E-state index is -0.947. The van der Waals surface area contributed by atoms with Gasteiger partial charge in [0.1, 0.15) is 0 Å². The van der Waals surface area contributed by atoms with Crippen LogP contribution in [0.15, 0.2) is 24.3 Å². The monoisotopic (exact) mass is 361 g/mol. The molecular formula is C18H23N3O5. The first-order chi connectivity index (χ1) is 12.5. The molecule has 3 N–H and O–H groups in total. The normalized spacial score (nSPS) is 22.1. The fraction of sp³-hybridized carbons (Fsp3) is 0.500. The number of amides is 3. The predicted molar refractivity (Wildman–Crippen MR) is 94.1 cm³/mol. The molecule has 140 valence electrons. The Morgan fingerprint density at radius 2 is 2.08 bits per heavy atom. The highest BCUT2D eigenvalue weighted by atomic mass is 16.5. The van der Waals surface area contributed by atoms with Gasteiger partial charge in [-0.25, -0.2) is 4.79 Å². The second-order valence-electron chi connectivity index (χ2n) is 6.76. The zero-order valence-corrected chi connectivity index (χ0v) is 14.6. The molecule has 1 aliphatic heterocycles. The van der Waals surface area contributed by atoms with E-state index in [1.165, 1.54) is 0 Å². The summed E-state index contributed by atoms with van der Waals surface area (Å²) in [4.78, 5) is 37.4. The summed E-state index contributed by atoms with van der Waals surface area (Å²) in [6.07, 6.45) is 2.19. The summed E-state index contributed by atoms with van der Waals surface area (Å²) in [5, 5.41) is 14.6. The van der Waals surface area contributed by atoms with E-state index in [0.717, 1.165) is 12.8 Å². The fourth-order valence-electron chi connectivity index (χ4n) is 3.16. The molecule has 26 heavy (non-hydrogen) atoms. The first kappa shape index (κ1) is 18.2. The van der Waals surface area contributed by atoms with Gasteiger partial charge in [0.05, 0.1) is 12.5 Å². The van der Waals surface area contributed by atoms with Gasteiger partial charge in [0, 0.05) is 37.0 Å². The average molecular weight is 361 g/mol. The van der Waals surface area contributed by atoms with Crippen LogP contribution in [0.4, 0.5) is 10.5 Å². The van der Waals surface area contributed by atoms with Crippen molar-refractivity contribution in [2.75, 3.05) is 19.0 Å². The van der Waals surface area contributed by atoms with Crippen molar-refractivity contribution in [1.82, 2.24) is 10.2 Å². The van der Waals surface area contributed by atoms with E-state index >= 15 is 0 Å². The smallest absolute Gasteiger partial charge is 0.319 e. The number of ether oxygens (including phenoxy) is 1. The second-order valence-corrected chi connectivity index (χ2v) is 6.76. The molecule has 1 aliphatic carbocycles. The minimum Gasteiger partial charge on any atom is -0.481 e. The van der Waals surface area contributed by atoms with Gasteiger partial charge in [-0.05, 0) is 37.5 Å². The molecule has 2 aliphatic rings. The number of likely N-dealkylation sites (tertiary alicyclic amines) is 1. The van der Waals surface area contributed by atoms with E-state index in [1.807, 2.05) is 0 Å². The summed E-state index contributed by atoms with van der Waals surface area (Å²) in [5.74, 6) is -1.21. The van der Waals surface area contributed by atoms with Gasteiger partial charge < -0.3 is 25.4 Å². The van der Waals surface area contributed by atoms with Crippen LogP contribution in [0.5, 0.6) is 0 Å². The summed E-state index contributed by atoms with van der Waals surface area (Å²) < 4.78 is 5.31. The molecule has 2 atom stereocenters. The zero-order chi connectivity index (χ0) is 18.7. The zero-order valence-electron chi connectivity index (χ0n) is 14.6. The number of anilines is 1. The molecule has 0 aromatic heterocycles. The van der Waals surface area contributed by atoms with Gasteiger partial charge in [0.15, 0.2) is 0 Å². The number of rotatable bonds is 6. The molecule has 1 saturated carbocycles. The summed E-state index contributed by atoms with van der Waals surface area (Å²) in [6, 6.07) is 6.21. The molecular weight excluding hydrogens is 338 g/mol. The van der Waals surface area contributed by atoms with Crippen molar-refractivity contribution in [2.24, 2.45) is 0 Å². The molecule has 2 fully saturated rings. The number of carboxylic acid groups (broad SMARTS) is 1. The number of aliphatic carboxylic acids is 1. The number of carbonyl (C=O) groups is 3. The molecule has 0 radical (unpaired) electrons. The van der Waals surface area contributed by atoms with E-state index < -0.39 is 12.0 Å². The number of hydrogen-bond acceptors (Lipinski definition) is 4. The molecule has 0 spiro atoms. The van der Waals surface area contributed by atoms with Crippen molar-refractivity contribution >= 4 is 23.6 Å². The lowest BCUT2D eigenvalue weighted by Crippen LogP contribution is -2.37. The summed E-state index contributed by atoms with van der Waals surface area (Å²) in [5.41, 5.74) is 0.924. The van der Waals surface area contributed by atoms with E-state index in [0.29, 0.717) is 24.2 Å². The van der Waals surface area contributed by atoms with Gasteiger partial charge in [0.25, 0.3) is 5.91 Å². The summed E-state index contributed by atoms with van der Waals surface area (Å²) in [7, 11) is 1.56. The van der Waals surface area contributed by atoms with Crippen LogP contribution in [-0.4, -0.2) is 59.8 Å². The second kappa shape index (κ2) is 7.74. The maximum atomic E-state index is 12.9. The van der Waals surface area contributed by atoms with Crippen molar-refractivity contribution in [3.63, 3.8) is 0 Å². The van der Waals surface area contributed by atoms with E-state index in [4.69, 9.17) is 9.84 Å². The Labute approximate surface area is 151 Å². The van der Waals surface area contributed by atoms with Gasteiger partial charge in [-0.3, -0.25) is 9.59 Å². The maximum Gasteiger partial charge on any atom is 0.319 e. The number of nitrogens with one attached hydrogen (secondary N) is 2. The van der Waals surface area contributed by atoms with Crippen LogP contribution >= 0.6 is 0 Å². The highest BCUT2D eigenvalue weighted by Crippen LogP contribution is 2.25. The van der Waals surface area contributed by atoms with Gasteiger partial charge in [-0.1, -0.05) is 6.07 Å². The highest BCUT2D eigenvalue weighted by Gasteiger charge is 2.37. The lowest BCUT2D eigenvalue weighted by atomic mass is 10.1. The fourth-order valence-corrected chi connectivity index (χ4v) is 3.16. The van der Waals surface area contributed by atoms with Crippen molar-refractivity contribution in [3.05, 3.63) is 29.8 Å². The topological polar surface area (TPSA) is 108 Å². The molecule has 2 unspecified atom stereocenters. The Kier molecular flexibility index (Phi) is 5.41. The molecule has 8 heteroatoms. The van der Waals surface area contributed by atoms with E-state index in [2.05, 4.69) is 10.6 Å². The third-order valence-electron chi connectivity index (χ3n) is 4.66. The summed E-state index contributed by atoms with van der Waals surface area (Å²) >= 11 is 0. The van der Waals surface area contributed by atoms with Crippen LogP contribution < -0.4 is 10.6 Å². The maximum absolute atomic E-state index is 12.9. The Morgan fingerprint density at radius 3 is 2.73 bits per heavy atom. The number of urea groups is 1. The third kappa shape index (κ3) is 4.51. The van der Waals surface area contributed by atoms with Crippen molar-refractivity contribution in [3.8, 4) is 0 Å². The SMILES string of the molecule is COC1CC(CC(=O)O)N(C(=O)c2cccc(NC(=O)NC3CC3)c2)C1.